The van der Waals surface area contributed by atoms with Gasteiger partial charge in [-0.25, -0.2) is 13.6 Å². The molecule has 1 fully saturated rings. The quantitative estimate of drug-likeness (QED) is 0.718. The van der Waals surface area contributed by atoms with Crippen LogP contribution in [0, 0.1) is 0 Å². The van der Waals surface area contributed by atoms with Crippen LogP contribution in [0.5, 0.6) is 0 Å². The third-order valence-corrected chi connectivity index (χ3v) is 6.31. The third kappa shape index (κ3) is 3.40. The molecule has 22 heavy (non-hydrogen) atoms. The second-order valence-electron chi connectivity index (χ2n) is 4.49. The van der Waals surface area contributed by atoms with Crippen LogP contribution in [-0.4, -0.2) is 43.4 Å². The number of hydrogen-bond acceptors (Lipinski definition) is 5. The Kier molecular flexibility index (Phi) is 6.22. The molecule has 1 aliphatic heterocycles. The van der Waals surface area contributed by atoms with E-state index in [4.69, 9.17) is 28.3 Å². The molecule has 1 aliphatic rings. The summed E-state index contributed by atoms with van der Waals surface area (Å²) in [5.41, 5.74) is -1.15. The number of nitrogens with zero attached hydrogens (tertiary/aromatic N) is 2. The zero-order valence-corrected chi connectivity index (χ0v) is 16.4. The van der Waals surface area contributed by atoms with Gasteiger partial charge in [0.25, 0.3) is 0 Å². The highest BCUT2D eigenvalue weighted by Crippen LogP contribution is 2.41. The predicted molar refractivity (Wildman–Crippen MR) is 95.6 cm³/mol. The summed E-state index contributed by atoms with van der Waals surface area (Å²) >= 11 is 13.2. The fourth-order valence-corrected chi connectivity index (χ4v) is 4.53. The standard InChI is InChI=1S/C11H13Cl2N3O3S2.BrH/c1-15-10-16(2)11(17,5-20-10)6-3-7(12)9(13)8(4-6)21(14,18)19;/h3-4,17H,5H2,1-2H3,(H2,14,18,19);1H. The van der Waals surface area contributed by atoms with Gasteiger partial charge in [0, 0.05) is 19.7 Å². The van der Waals surface area contributed by atoms with Crippen molar-refractivity contribution < 1.29 is 13.5 Å². The molecule has 0 bridgehead atoms. The monoisotopic (exact) mass is 449 g/mol. The summed E-state index contributed by atoms with van der Waals surface area (Å²) in [6, 6.07) is 2.66. The van der Waals surface area contributed by atoms with Gasteiger partial charge < -0.3 is 10.0 Å². The molecule has 124 valence electrons. The SMILES string of the molecule is Br.CN=C1SCC(O)(c2cc(Cl)c(Cl)c(S(N)(=O)=O)c2)N1C. The Balaban J connectivity index is 0.00000242. The maximum Gasteiger partial charge on any atom is 0.239 e. The van der Waals surface area contributed by atoms with Crippen molar-refractivity contribution in [1.82, 2.24) is 4.90 Å². The van der Waals surface area contributed by atoms with E-state index in [1.807, 2.05) is 0 Å². The molecule has 2 rings (SSSR count). The lowest BCUT2D eigenvalue weighted by atomic mass is 10.0. The highest BCUT2D eigenvalue weighted by molar-refractivity contribution is 8.93. The van der Waals surface area contributed by atoms with E-state index in [-0.39, 0.29) is 43.2 Å². The Labute approximate surface area is 153 Å². The van der Waals surface area contributed by atoms with Crippen LogP contribution in [0.4, 0.5) is 0 Å². The molecule has 0 saturated carbocycles. The van der Waals surface area contributed by atoms with Gasteiger partial charge in [-0.3, -0.25) is 4.99 Å². The lowest BCUT2D eigenvalue weighted by molar-refractivity contribution is -0.0349. The Morgan fingerprint density at radius 2 is 2.05 bits per heavy atom. The van der Waals surface area contributed by atoms with Gasteiger partial charge in [0.15, 0.2) is 10.9 Å². The normalized spacial score (nSPS) is 23.7. The van der Waals surface area contributed by atoms with Gasteiger partial charge in [0.05, 0.1) is 15.8 Å². The predicted octanol–water partition coefficient (Wildman–Crippen LogP) is 2.03. The molecule has 0 radical (unpaired) electrons. The van der Waals surface area contributed by atoms with E-state index in [2.05, 4.69) is 4.99 Å². The summed E-state index contributed by atoms with van der Waals surface area (Å²) in [5.74, 6) is 0.276. The largest absolute Gasteiger partial charge is 0.366 e. The number of halogens is 3. The van der Waals surface area contributed by atoms with Crippen molar-refractivity contribution in [1.29, 1.82) is 0 Å². The van der Waals surface area contributed by atoms with Crippen LogP contribution in [0.25, 0.3) is 0 Å². The Hall–Kier alpha value is -0.0300. The average Bonchev–Trinajstić information content (AvgIpc) is 2.68. The Morgan fingerprint density at radius 1 is 1.45 bits per heavy atom. The van der Waals surface area contributed by atoms with Crippen molar-refractivity contribution in [3.05, 3.63) is 27.7 Å². The number of thioether (sulfide) groups is 1. The molecular weight excluding hydrogens is 437 g/mol. The Bertz CT molecular complexity index is 730. The molecule has 1 aromatic rings. The van der Waals surface area contributed by atoms with E-state index in [1.54, 1.807) is 19.0 Å². The van der Waals surface area contributed by atoms with Gasteiger partial charge in [0.2, 0.25) is 10.0 Å². The van der Waals surface area contributed by atoms with Crippen LogP contribution in [0.3, 0.4) is 0 Å². The number of nitrogens with two attached hydrogens (primary N) is 1. The van der Waals surface area contributed by atoms with Crippen LogP contribution >= 0.6 is 51.9 Å². The minimum absolute atomic E-state index is 0. The molecule has 1 saturated heterocycles. The molecule has 0 spiro atoms. The average molecular weight is 451 g/mol. The topological polar surface area (TPSA) is 96.0 Å². The smallest absolute Gasteiger partial charge is 0.239 e. The molecule has 0 amide bonds. The number of aliphatic imine (C=N–C) groups is 1. The fraction of sp³-hybridized carbons (Fsp3) is 0.364. The lowest BCUT2D eigenvalue weighted by Gasteiger charge is -2.31. The number of sulfonamides is 1. The number of amidine groups is 1. The van der Waals surface area contributed by atoms with E-state index in [0.29, 0.717) is 5.17 Å². The van der Waals surface area contributed by atoms with E-state index in [1.165, 1.54) is 23.9 Å². The number of aliphatic hydroxyl groups is 1. The molecule has 11 heteroatoms. The number of hydrogen-bond donors (Lipinski definition) is 2. The van der Waals surface area contributed by atoms with Crippen LogP contribution in [0.2, 0.25) is 10.0 Å². The van der Waals surface area contributed by atoms with E-state index in [0.717, 1.165) is 0 Å². The number of rotatable bonds is 2. The van der Waals surface area contributed by atoms with E-state index >= 15 is 0 Å². The molecule has 1 aromatic carbocycles. The molecular formula is C11H14BrCl2N3O3S2. The first-order valence-electron chi connectivity index (χ1n) is 5.69. The molecule has 3 N–H and O–H groups in total. The van der Waals surface area contributed by atoms with Crippen molar-refractivity contribution in [2.75, 3.05) is 19.8 Å². The van der Waals surface area contributed by atoms with Crippen LogP contribution < -0.4 is 5.14 Å². The van der Waals surface area contributed by atoms with Gasteiger partial charge in [-0.1, -0.05) is 35.0 Å². The fourth-order valence-electron chi connectivity index (χ4n) is 2.01. The first-order valence-corrected chi connectivity index (χ1v) is 8.98. The summed E-state index contributed by atoms with van der Waals surface area (Å²) in [4.78, 5) is 5.27. The highest BCUT2D eigenvalue weighted by atomic mass is 79.9. The Morgan fingerprint density at radius 3 is 2.50 bits per heavy atom. The minimum atomic E-state index is -4.05. The van der Waals surface area contributed by atoms with Crippen molar-refractivity contribution in [3.8, 4) is 0 Å². The molecule has 1 heterocycles. The zero-order chi connectivity index (χ0) is 16.0. The van der Waals surface area contributed by atoms with Gasteiger partial charge >= 0.3 is 0 Å². The zero-order valence-electron chi connectivity index (χ0n) is 11.6. The van der Waals surface area contributed by atoms with Crippen molar-refractivity contribution in [2.45, 2.75) is 10.6 Å². The molecule has 1 unspecified atom stereocenters. The van der Waals surface area contributed by atoms with Gasteiger partial charge in [0.1, 0.15) is 4.90 Å². The van der Waals surface area contributed by atoms with Gasteiger partial charge in [-0.15, -0.1) is 17.0 Å². The molecule has 0 aliphatic carbocycles. The van der Waals surface area contributed by atoms with Gasteiger partial charge in [-0.05, 0) is 12.1 Å². The minimum Gasteiger partial charge on any atom is -0.366 e. The summed E-state index contributed by atoms with van der Waals surface area (Å²) in [6.45, 7) is 0. The second-order valence-corrected chi connectivity index (χ2v) is 7.74. The molecule has 1 atom stereocenters. The van der Waals surface area contributed by atoms with Crippen molar-refractivity contribution in [3.63, 3.8) is 0 Å². The summed E-state index contributed by atoms with van der Waals surface area (Å²) in [7, 11) is -0.794. The summed E-state index contributed by atoms with van der Waals surface area (Å²) in [5, 5.41) is 16.4. The van der Waals surface area contributed by atoms with Crippen LogP contribution in [0.1, 0.15) is 5.56 Å². The van der Waals surface area contributed by atoms with Crippen LogP contribution in [-0.2, 0) is 15.7 Å². The van der Waals surface area contributed by atoms with Crippen LogP contribution in [0.15, 0.2) is 22.0 Å². The molecule has 0 aromatic heterocycles. The first kappa shape index (κ1) is 20.0. The number of primary sulfonamides is 1. The molecule has 6 nitrogen and oxygen atoms in total. The summed E-state index contributed by atoms with van der Waals surface area (Å²) in [6.07, 6.45) is 0. The highest BCUT2D eigenvalue weighted by Gasteiger charge is 2.43. The second kappa shape index (κ2) is 6.84. The number of benzene rings is 1. The van der Waals surface area contributed by atoms with Crippen molar-refractivity contribution in [2.24, 2.45) is 10.1 Å². The van der Waals surface area contributed by atoms with Gasteiger partial charge in [-0.2, -0.15) is 0 Å². The van der Waals surface area contributed by atoms with E-state index in [9.17, 15) is 13.5 Å². The maximum atomic E-state index is 11.6. The lowest BCUT2D eigenvalue weighted by Crippen LogP contribution is -2.42. The summed E-state index contributed by atoms with van der Waals surface area (Å²) < 4.78 is 23.2. The first-order chi connectivity index (χ1) is 9.61. The van der Waals surface area contributed by atoms with E-state index < -0.39 is 15.7 Å². The third-order valence-electron chi connectivity index (χ3n) is 3.20. The van der Waals surface area contributed by atoms with Crippen molar-refractivity contribution >= 4 is 67.1 Å². The maximum absolute atomic E-state index is 11.6.